The smallest absolute Gasteiger partial charge is 0.308 e. The third-order valence-electron chi connectivity index (χ3n) is 5.98. The third-order valence-corrected chi connectivity index (χ3v) is 7.00. The maximum absolute atomic E-state index is 12.5. The highest BCUT2D eigenvalue weighted by atomic mass is 32.1. The molecule has 2 amide bonds. The highest BCUT2D eigenvalue weighted by Crippen LogP contribution is 2.44. The van der Waals surface area contributed by atoms with E-state index in [1.807, 2.05) is 4.90 Å². The maximum Gasteiger partial charge on any atom is 0.308 e. The average Bonchev–Trinajstić information content (AvgIpc) is 3.20. The molecule has 3 aliphatic rings. The van der Waals surface area contributed by atoms with Crippen LogP contribution in [0.25, 0.3) is 0 Å². The van der Waals surface area contributed by atoms with Gasteiger partial charge in [-0.1, -0.05) is 0 Å². The van der Waals surface area contributed by atoms with Crippen molar-refractivity contribution < 1.29 is 19.5 Å². The Kier molecular flexibility index (Phi) is 4.73. The fraction of sp³-hybridized carbons (Fsp3) is 0.632. The fourth-order valence-electron chi connectivity index (χ4n) is 4.29. The molecule has 3 heterocycles. The average molecular weight is 376 g/mol. The first-order valence-corrected chi connectivity index (χ1v) is 10.2. The summed E-state index contributed by atoms with van der Waals surface area (Å²) in [5.41, 5.74) is 1.22. The zero-order valence-corrected chi connectivity index (χ0v) is 15.5. The van der Waals surface area contributed by atoms with Gasteiger partial charge in [0.1, 0.15) is 0 Å². The number of carboxylic acid groups (broad SMARTS) is 1. The van der Waals surface area contributed by atoms with E-state index in [1.54, 1.807) is 16.2 Å². The summed E-state index contributed by atoms with van der Waals surface area (Å²) in [6.07, 6.45) is 3.43. The van der Waals surface area contributed by atoms with Crippen molar-refractivity contribution in [1.82, 2.24) is 9.80 Å². The molecule has 2 atom stereocenters. The molecule has 140 valence electrons. The van der Waals surface area contributed by atoms with Crippen LogP contribution < -0.4 is 0 Å². The van der Waals surface area contributed by atoms with Crippen molar-refractivity contribution >= 4 is 29.1 Å². The van der Waals surface area contributed by atoms with Gasteiger partial charge in [-0.05, 0) is 48.1 Å². The molecule has 1 saturated carbocycles. The van der Waals surface area contributed by atoms with E-state index in [-0.39, 0.29) is 30.6 Å². The lowest BCUT2D eigenvalue weighted by Gasteiger charge is -2.27. The molecule has 7 heteroatoms. The number of amides is 2. The van der Waals surface area contributed by atoms with Gasteiger partial charge in [0.2, 0.25) is 11.8 Å². The van der Waals surface area contributed by atoms with E-state index in [4.69, 9.17) is 0 Å². The van der Waals surface area contributed by atoms with Gasteiger partial charge in [0.15, 0.2) is 0 Å². The number of nitrogens with zero attached hydrogens (tertiary/aromatic N) is 2. The number of fused-ring (bicyclic) bond motifs is 1. The van der Waals surface area contributed by atoms with Gasteiger partial charge in [0, 0.05) is 43.9 Å². The normalized spacial score (nSPS) is 25.2. The van der Waals surface area contributed by atoms with Crippen LogP contribution in [0, 0.1) is 17.8 Å². The van der Waals surface area contributed by atoms with Gasteiger partial charge in [-0.15, -0.1) is 11.3 Å². The third kappa shape index (κ3) is 3.49. The molecule has 0 spiro atoms. The zero-order chi connectivity index (χ0) is 18.3. The number of carbonyl (C=O) groups excluding carboxylic acids is 2. The van der Waals surface area contributed by atoms with Gasteiger partial charge in [0.05, 0.1) is 5.92 Å². The molecule has 1 saturated heterocycles. The van der Waals surface area contributed by atoms with Crippen LogP contribution in [0.2, 0.25) is 0 Å². The molecular weight excluding hydrogens is 352 g/mol. The Balaban J connectivity index is 1.29. The minimum absolute atomic E-state index is 0.0166. The van der Waals surface area contributed by atoms with Gasteiger partial charge in [-0.2, -0.15) is 0 Å². The molecule has 6 nitrogen and oxygen atoms in total. The van der Waals surface area contributed by atoms with Gasteiger partial charge in [-0.3, -0.25) is 14.4 Å². The van der Waals surface area contributed by atoms with Crippen LogP contribution in [0.1, 0.15) is 36.1 Å². The largest absolute Gasteiger partial charge is 0.481 e. The highest BCUT2D eigenvalue weighted by molar-refractivity contribution is 7.10. The number of aliphatic carboxylic acids is 1. The van der Waals surface area contributed by atoms with E-state index in [2.05, 4.69) is 11.4 Å². The standard InChI is InChI=1S/C19H24N2O4S/c22-17(20-7-5-16-13(9-20)6-8-26-16)3-4-18(23)21-10-14(12-1-2-12)15(11-21)19(24)25/h6,8,12,14-15H,1-5,7,9-11H2,(H,24,25)/t14-,15+/m1/s1. The molecule has 26 heavy (non-hydrogen) atoms. The van der Waals surface area contributed by atoms with Crippen LogP contribution in [0.4, 0.5) is 0 Å². The van der Waals surface area contributed by atoms with Crippen LogP contribution in [-0.2, 0) is 27.3 Å². The molecule has 2 fully saturated rings. The second kappa shape index (κ2) is 7.02. The van der Waals surface area contributed by atoms with E-state index in [1.165, 1.54) is 10.4 Å². The fourth-order valence-corrected chi connectivity index (χ4v) is 5.18. The van der Waals surface area contributed by atoms with E-state index >= 15 is 0 Å². The molecule has 1 aromatic rings. The lowest BCUT2D eigenvalue weighted by Crippen LogP contribution is -2.36. The number of carbonyl (C=O) groups is 3. The van der Waals surface area contributed by atoms with Crippen molar-refractivity contribution in [3.63, 3.8) is 0 Å². The molecule has 1 aromatic heterocycles. The minimum atomic E-state index is -0.798. The van der Waals surface area contributed by atoms with Gasteiger partial charge in [-0.25, -0.2) is 0 Å². The SMILES string of the molecule is O=C(O)[C@H]1CN(C(=O)CCC(=O)N2CCc3sccc3C2)C[C@@H]1C1CC1. The highest BCUT2D eigenvalue weighted by Gasteiger charge is 2.46. The summed E-state index contributed by atoms with van der Waals surface area (Å²) in [5, 5.41) is 11.5. The van der Waals surface area contributed by atoms with E-state index in [0.717, 1.165) is 25.8 Å². The molecule has 0 radical (unpaired) electrons. The molecular formula is C19H24N2O4S. The summed E-state index contributed by atoms with van der Waals surface area (Å²) >= 11 is 1.74. The Labute approximate surface area is 156 Å². The first-order valence-electron chi connectivity index (χ1n) is 9.36. The topological polar surface area (TPSA) is 77.9 Å². The first kappa shape index (κ1) is 17.5. The second-order valence-corrected chi connectivity index (χ2v) is 8.68. The van der Waals surface area contributed by atoms with Crippen molar-refractivity contribution in [2.75, 3.05) is 19.6 Å². The molecule has 0 bridgehead atoms. The number of carboxylic acids is 1. The number of likely N-dealkylation sites (tertiary alicyclic amines) is 1. The second-order valence-electron chi connectivity index (χ2n) is 7.68. The number of thiophene rings is 1. The first-order chi connectivity index (χ1) is 12.5. The van der Waals surface area contributed by atoms with Crippen LogP contribution in [0.3, 0.4) is 0 Å². The summed E-state index contributed by atoms with van der Waals surface area (Å²) in [6, 6.07) is 2.07. The van der Waals surface area contributed by atoms with E-state index < -0.39 is 11.9 Å². The molecule has 0 unspecified atom stereocenters. The van der Waals surface area contributed by atoms with Gasteiger partial charge < -0.3 is 14.9 Å². The Morgan fingerprint density at radius 3 is 2.54 bits per heavy atom. The van der Waals surface area contributed by atoms with Crippen molar-refractivity contribution in [2.24, 2.45) is 17.8 Å². The van der Waals surface area contributed by atoms with Gasteiger partial charge in [0.25, 0.3) is 0 Å². The molecule has 1 aliphatic carbocycles. The Morgan fingerprint density at radius 1 is 1.12 bits per heavy atom. The lowest BCUT2D eigenvalue weighted by atomic mass is 9.92. The minimum Gasteiger partial charge on any atom is -0.481 e. The molecule has 1 N–H and O–H groups in total. The summed E-state index contributed by atoms with van der Waals surface area (Å²) in [5.74, 6) is -0.756. The van der Waals surface area contributed by atoms with Crippen molar-refractivity contribution in [1.29, 1.82) is 0 Å². The number of hydrogen-bond donors (Lipinski definition) is 1. The molecule has 4 rings (SSSR count). The van der Waals surface area contributed by atoms with Crippen LogP contribution >= 0.6 is 11.3 Å². The van der Waals surface area contributed by atoms with Crippen molar-refractivity contribution in [3.05, 3.63) is 21.9 Å². The summed E-state index contributed by atoms with van der Waals surface area (Å²) < 4.78 is 0. The molecule has 0 aromatic carbocycles. The zero-order valence-electron chi connectivity index (χ0n) is 14.7. The Hall–Kier alpha value is -1.89. The summed E-state index contributed by atoms with van der Waals surface area (Å²) in [7, 11) is 0. The number of rotatable bonds is 5. The number of hydrogen-bond acceptors (Lipinski definition) is 4. The predicted molar refractivity (Wildman–Crippen MR) is 96.6 cm³/mol. The van der Waals surface area contributed by atoms with Gasteiger partial charge >= 0.3 is 5.97 Å². The van der Waals surface area contributed by atoms with E-state index in [9.17, 15) is 19.5 Å². The van der Waals surface area contributed by atoms with Crippen LogP contribution in [0.15, 0.2) is 11.4 Å². The predicted octanol–water partition coefficient (Wildman–Crippen LogP) is 1.98. The lowest BCUT2D eigenvalue weighted by molar-refractivity contribution is -0.143. The Bertz CT molecular complexity index is 727. The maximum atomic E-state index is 12.5. The van der Waals surface area contributed by atoms with Crippen LogP contribution in [0.5, 0.6) is 0 Å². The van der Waals surface area contributed by atoms with Crippen molar-refractivity contribution in [2.45, 2.75) is 38.6 Å². The quantitative estimate of drug-likeness (QED) is 0.852. The summed E-state index contributed by atoms with van der Waals surface area (Å²) in [4.78, 5) is 41.3. The van der Waals surface area contributed by atoms with Crippen molar-refractivity contribution in [3.8, 4) is 0 Å². The Morgan fingerprint density at radius 2 is 1.85 bits per heavy atom. The van der Waals surface area contributed by atoms with Crippen LogP contribution in [-0.4, -0.2) is 52.3 Å². The monoisotopic (exact) mass is 376 g/mol. The van der Waals surface area contributed by atoms with E-state index in [0.29, 0.717) is 25.6 Å². The molecule has 2 aliphatic heterocycles. The summed E-state index contributed by atoms with van der Waals surface area (Å²) in [6.45, 7) is 2.19.